The van der Waals surface area contributed by atoms with Crippen LogP contribution in [0.1, 0.15) is 35.8 Å². The molecule has 0 atom stereocenters. The van der Waals surface area contributed by atoms with Crippen molar-refractivity contribution >= 4 is 17.5 Å². The highest BCUT2D eigenvalue weighted by atomic mass is 19.1. The number of carbonyl (C=O) groups excluding carboxylic acids is 2. The van der Waals surface area contributed by atoms with Crippen molar-refractivity contribution in [1.82, 2.24) is 24.8 Å². The average molecular weight is 381 g/mol. The Morgan fingerprint density at radius 1 is 1.25 bits per heavy atom. The molecule has 3 aromatic rings. The number of carbonyl (C=O) groups is 2. The zero-order valence-electron chi connectivity index (χ0n) is 15.6. The topological polar surface area (TPSA) is 79.6 Å². The predicted octanol–water partition coefficient (Wildman–Crippen LogP) is 2.23. The minimum Gasteiger partial charge on any atom is -0.353 e. The quantitative estimate of drug-likeness (QED) is 0.755. The van der Waals surface area contributed by atoms with E-state index in [1.165, 1.54) is 17.0 Å². The van der Waals surface area contributed by atoms with E-state index < -0.39 is 0 Å². The Morgan fingerprint density at radius 2 is 2.00 bits per heavy atom. The Hall–Kier alpha value is -3.29. The second-order valence-electron chi connectivity index (χ2n) is 7.12. The molecule has 0 saturated carbocycles. The van der Waals surface area contributed by atoms with Gasteiger partial charge in [-0.05, 0) is 36.2 Å². The Labute approximate surface area is 161 Å². The monoisotopic (exact) mass is 381 g/mol. The van der Waals surface area contributed by atoms with Crippen LogP contribution in [0.15, 0.2) is 36.5 Å². The number of amides is 2. The summed E-state index contributed by atoms with van der Waals surface area (Å²) < 4.78 is 14.8. The molecule has 0 bridgehead atoms. The highest BCUT2D eigenvalue weighted by Gasteiger charge is 2.25. The molecule has 2 amide bonds. The average Bonchev–Trinajstić information content (AvgIpc) is 3.11. The molecule has 28 heavy (non-hydrogen) atoms. The molecule has 144 valence electrons. The van der Waals surface area contributed by atoms with E-state index >= 15 is 0 Å². The number of hydrogen-bond acceptors (Lipinski definition) is 4. The lowest BCUT2D eigenvalue weighted by atomic mass is 10.0. The van der Waals surface area contributed by atoms with Crippen LogP contribution in [0.5, 0.6) is 0 Å². The molecule has 4 rings (SSSR count). The first-order valence-electron chi connectivity index (χ1n) is 9.14. The summed E-state index contributed by atoms with van der Waals surface area (Å²) in [6, 6.07) is 8.04. The van der Waals surface area contributed by atoms with Crippen molar-refractivity contribution in [1.29, 1.82) is 0 Å². The SMILES string of the molecule is CC(C)c1cc(-c2ccc(F)cc2)nn2cc(C(=O)N3CCNC(=O)C3)nc12. The van der Waals surface area contributed by atoms with E-state index in [9.17, 15) is 14.0 Å². The van der Waals surface area contributed by atoms with E-state index in [0.717, 1.165) is 11.1 Å². The number of rotatable bonds is 3. The van der Waals surface area contributed by atoms with Gasteiger partial charge in [-0.3, -0.25) is 9.59 Å². The fourth-order valence-electron chi connectivity index (χ4n) is 3.26. The van der Waals surface area contributed by atoms with E-state index in [1.54, 1.807) is 22.8 Å². The van der Waals surface area contributed by atoms with Crippen molar-refractivity contribution in [3.63, 3.8) is 0 Å². The smallest absolute Gasteiger partial charge is 0.274 e. The molecule has 0 radical (unpaired) electrons. The molecule has 1 aromatic carbocycles. The van der Waals surface area contributed by atoms with Crippen LogP contribution in [-0.4, -0.2) is 50.9 Å². The molecule has 0 unspecified atom stereocenters. The fraction of sp³-hybridized carbons (Fsp3) is 0.300. The van der Waals surface area contributed by atoms with Gasteiger partial charge in [0.05, 0.1) is 18.4 Å². The van der Waals surface area contributed by atoms with Crippen LogP contribution in [0, 0.1) is 5.82 Å². The highest BCUT2D eigenvalue weighted by Crippen LogP contribution is 2.26. The summed E-state index contributed by atoms with van der Waals surface area (Å²) in [5, 5.41) is 7.26. The molecule has 0 spiro atoms. The van der Waals surface area contributed by atoms with Gasteiger partial charge in [0.25, 0.3) is 5.91 Å². The minimum absolute atomic E-state index is 0.0258. The maximum Gasteiger partial charge on any atom is 0.274 e. The third kappa shape index (κ3) is 3.33. The van der Waals surface area contributed by atoms with Crippen LogP contribution < -0.4 is 5.32 Å². The zero-order valence-corrected chi connectivity index (χ0v) is 15.6. The number of benzene rings is 1. The summed E-state index contributed by atoms with van der Waals surface area (Å²) >= 11 is 0. The van der Waals surface area contributed by atoms with Crippen LogP contribution in [0.2, 0.25) is 0 Å². The molecule has 7 nitrogen and oxygen atoms in total. The summed E-state index contributed by atoms with van der Waals surface area (Å²) in [4.78, 5) is 30.4. The van der Waals surface area contributed by atoms with Gasteiger partial charge in [0.15, 0.2) is 5.65 Å². The number of aromatic nitrogens is 3. The number of halogens is 1. The summed E-state index contributed by atoms with van der Waals surface area (Å²) in [6.45, 7) is 4.98. The van der Waals surface area contributed by atoms with Crippen LogP contribution >= 0.6 is 0 Å². The number of hydrogen-bond donors (Lipinski definition) is 1. The molecule has 1 aliphatic heterocycles. The van der Waals surface area contributed by atoms with Crippen molar-refractivity contribution in [2.75, 3.05) is 19.6 Å². The van der Waals surface area contributed by atoms with Gasteiger partial charge in [-0.2, -0.15) is 5.10 Å². The Morgan fingerprint density at radius 3 is 2.68 bits per heavy atom. The molecule has 1 fully saturated rings. The van der Waals surface area contributed by atoms with Crippen molar-refractivity contribution in [2.24, 2.45) is 0 Å². The van der Waals surface area contributed by atoms with Crippen LogP contribution in [0.4, 0.5) is 4.39 Å². The lowest BCUT2D eigenvalue weighted by molar-refractivity contribution is -0.123. The summed E-state index contributed by atoms with van der Waals surface area (Å²) in [7, 11) is 0. The van der Waals surface area contributed by atoms with Crippen molar-refractivity contribution in [3.05, 3.63) is 53.6 Å². The fourth-order valence-corrected chi connectivity index (χ4v) is 3.26. The Balaban J connectivity index is 1.77. The molecule has 3 heterocycles. The first kappa shape index (κ1) is 18.1. The Bertz CT molecular complexity index is 1060. The van der Waals surface area contributed by atoms with E-state index in [0.29, 0.717) is 24.4 Å². The number of nitrogens with one attached hydrogen (secondary N) is 1. The first-order chi connectivity index (χ1) is 13.4. The van der Waals surface area contributed by atoms with Crippen LogP contribution in [0.25, 0.3) is 16.9 Å². The van der Waals surface area contributed by atoms with E-state index in [1.807, 2.05) is 19.9 Å². The van der Waals surface area contributed by atoms with Crippen LogP contribution in [-0.2, 0) is 4.79 Å². The van der Waals surface area contributed by atoms with Gasteiger partial charge >= 0.3 is 0 Å². The second-order valence-corrected chi connectivity index (χ2v) is 7.12. The first-order valence-corrected chi connectivity index (χ1v) is 9.14. The second kappa shape index (κ2) is 7.03. The number of piperazine rings is 1. The molecule has 1 aliphatic rings. The summed E-state index contributed by atoms with van der Waals surface area (Å²) in [5.74, 6) is -0.632. The van der Waals surface area contributed by atoms with E-state index in [2.05, 4.69) is 15.4 Å². The molecular formula is C20H20FN5O2. The largest absolute Gasteiger partial charge is 0.353 e. The van der Waals surface area contributed by atoms with E-state index in [4.69, 9.17) is 0 Å². The van der Waals surface area contributed by atoms with Gasteiger partial charge in [0.1, 0.15) is 11.5 Å². The van der Waals surface area contributed by atoms with Gasteiger partial charge in [0, 0.05) is 24.2 Å². The summed E-state index contributed by atoms with van der Waals surface area (Å²) in [5.41, 5.74) is 3.24. The maximum atomic E-state index is 13.3. The van der Waals surface area contributed by atoms with Gasteiger partial charge in [0.2, 0.25) is 5.91 Å². The van der Waals surface area contributed by atoms with Crippen LogP contribution in [0.3, 0.4) is 0 Å². The van der Waals surface area contributed by atoms with Crippen molar-refractivity contribution in [3.8, 4) is 11.3 Å². The minimum atomic E-state index is -0.310. The van der Waals surface area contributed by atoms with Gasteiger partial charge in [-0.15, -0.1) is 0 Å². The van der Waals surface area contributed by atoms with Gasteiger partial charge in [-0.1, -0.05) is 13.8 Å². The lowest BCUT2D eigenvalue weighted by Crippen LogP contribution is -2.50. The highest BCUT2D eigenvalue weighted by molar-refractivity contribution is 5.96. The molecule has 8 heteroatoms. The van der Waals surface area contributed by atoms with Crippen molar-refractivity contribution < 1.29 is 14.0 Å². The molecule has 2 aromatic heterocycles. The summed E-state index contributed by atoms with van der Waals surface area (Å²) in [6.07, 6.45) is 1.59. The number of nitrogens with zero attached hydrogens (tertiary/aromatic N) is 4. The van der Waals surface area contributed by atoms with Gasteiger partial charge in [-0.25, -0.2) is 13.9 Å². The van der Waals surface area contributed by atoms with Gasteiger partial charge < -0.3 is 10.2 Å². The standard InChI is InChI=1S/C20H20FN5O2/c1-12(2)15-9-16(13-3-5-14(21)6-4-13)24-26-10-17(23-19(15)26)20(28)25-8-7-22-18(27)11-25/h3-6,9-10,12H,7-8,11H2,1-2H3,(H,22,27). The predicted molar refractivity (Wildman–Crippen MR) is 101 cm³/mol. The number of fused-ring (bicyclic) bond motifs is 1. The maximum absolute atomic E-state index is 13.3. The lowest BCUT2D eigenvalue weighted by Gasteiger charge is -2.25. The van der Waals surface area contributed by atoms with E-state index in [-0.39, 0.29) is 35.8 Å². The molecule has 0 aliphatic carbocycles. The Kier molecular flexibility index (Phi) is 4.54. The molecule has 1 saturated heterocycles. The normalized spacial score (nSPS) is 14.6. The third-order valence-corrected chi connectivity index (χ3v) is 4.76. The van der Waals surface area contributed by atoms with Crippen molar-refractivity contribution in [2.45, 2.75) is 19.8 Å². The molecule has 1 N–H and O–H groups in total. The zero-order chi connectivity index (χ0) is 19.8. The number of imidazole rings is 1. The molecular weight excluding hydrogens is 361 g/mol. The third-order valence-electron chi connectivity index (χ3n) is 4.76.